The number of ether oxygens (including phenoxy) is 1. The van der Waals surface area contributed by atoms with Gasteiger partial charge in [-0.05, 0) is 23.8 Å². The van der Waals surface area contributed by atoms with Crippen LogP contribution in [0.2, 0.25) is 0 Å². The smallest absolute Gasteiger partial charge is 0.324 e. The Bertz CT molecular complexity index is 1560. The zero-order chi connectivity index (χ0) is 26.4. The number of pyridine rings is 1. The molecule has 11 nitrogen and oxygen atoms in total. The van der Waals surface area contributed by atoms with Gasteiger partial charge in [0.2, 0.25) is 5.75 Å². The third-order valence-corrected chi connectivity index (χ3v) is 7.01. The summed E-state index contributed by atoms with van der Waals surface area (Å²) in [5, 5.41) is 12.7. The molecule has 3 aliphatic rings. The Labute approximate surface area is 230 Å². The first-order valence-corrected chi connectivity index (χ1v) is 12.4. The number of allylic oxidation sites excluding steroid dienone is 1. The lowest BCUT2D eigenvalue weighted by Crippen LogP contribution is -3.00. The molecule has 0 bridgehead atoms. The first-order chi connectivity index (χ1) is 18.4. The van der Waals surface area contributed by atoms with Gasteiger partial charge < -0.3 is 32.1 Å². The van der Waals surface area contributed by atoms with E-state index in [-0.39, 0.29) is 37.0 Å². The van der Waals surface area contributed by atoms with E-state index in [1.54, 1.807) is 46.7 Å². The highest BCUT2D eigenvalue weighted by Crippen LogP contribution is 2.30. The fraction of sp³-hybridized carbons (Fsp3) is 0.308. The van der Waals surface area contributed by atoms with Gasteiger partial charge in [-0.2, -0.15) is 4.99 Å². The number of likely N-dealkylation sites (N-methyl/N-ethyl adjacent to an activating group) is 1. The summed E-state index contributed by atoms with van der Waals surface area (Å²) in [6.07, 6.45) is 3.79. The monoisotopic (exact) mass is 557 g/mol. The van der Waals surface area contributed by atoms with E-state index in [4.69, 9.17) is 4.74 Å². The van der Waals surface area contributed by atoms with E-state index in [0.29, 0.717) is 57.3 Å². The lowest BCUT2D eigenvalue weighted by molar-refractivity contribution is -0.481. The number of aromatic nitrogens is 2. The molecule has 13 heteroatoms. The highest BCUT2D eigenvalue weighted by molar-refractivity contribution is 5.99. The molecule has 0 aliphatic carbocycles. The number of morpholine rings is 1. The van der Waals surface area contributed by atoms with Crippen LogP contribution in [0, 0.1) is 5.82 Å². The maximum atomic E-state index is 13.5. The van der Waals surface area contributed by atoms with Crippen LogP contribution in [0.4, 0.5) is 20.6 Å². The molecule has 206 valence electrons. The molecule has 0 atom stereocenters. The number of nitrogens with zero attached hydrogens (tertiary/aromatic N) is 6. The van der Waals surface area contributed by atoms with Crippen molar-refractivity contribution in [2.45, 2.75) is 6.42 Å². The van der Waals surface area contributed by atoms with Crippen LogP contribution in [0.3, 0.4) is 0 Å². The first-order valence-electron chi connectivity index (χ1n) is 12.4. The second-order valence-electron chi connectivity index (χ2n) is 9.51. The molecule has 0 saturated carbocycles. The number of nitrogens with two attached hydrogens (primary N) is 1. The lowest BCUT2D eigenvalue weighted by Gasteiger charge is -2.30. The highest BCUT2D eigenvalue weighted by Gasteiger charge is 2.32. The minimum atomic E-state index is -0.649. The molecule has 0 radical (unpaired) electrons. The predicted octanol–water partition coefficient (Wildman–Crippen LogP) is -2.09. The van der Waals surface area contributed by atoms with E-state index in [9.17, 15) is 19.1 Å². The second-order valence-corrected chi connectivity index (χ2v) is 9.51. The van der Waals surface area contributed by atoms with E-state index in [1.807, 2.05) is 6.07 Å². The first kappa shape index (κ1) is 26.6. The lowest BCUT2D eigenvalue weighted by atomic mass is 10.1. The second kappa shape index (κ2) is 10.6. The maximum absolute atomic E-state index is 13.5. The van der Waals surface area contributed by atoms with Crippen molar-refractivity contribution < 1.29 is 38.2 Å². The van der Waals surface area contributed by atoms with Crippen LogP contribution in [0.15, 0.2) is 58.2 Å². The van der Waals surface area contributed by atoms with Gasteiger partial charge in [0.1, 0.15) is 11.5 Å². The van der Waals surface area contributed by atoms with Crippen molar-refractivity contribution in [2.24, 2.45) is 4.99 Å². The van der Waals surface area contributed by atoms with Gasteiger partial charge in [0.05, 0.1) is 30.8 Å². The maximum Gasteiger partial charge on any atom is 0.324 e. The summed E-state index contributed by atoms with van der Waals surface area (Å²) < 4.78 is 20.0. The van der Waals surface area contributed by atoms with Gasteiger partial charge in [0.15, 0.2) is 11.3 Å². The minimum absolute atomic E-state index is 0. The Balaban J connectivity index is 0.00000185. The molecule has 3 aromatic rings. The average Bonchev–Trinajstić information content (AvgIpc) is 3.53. The molecule has 5 heterocycles. The van der Waals surface area contributed by atoms with Crippen LogP contribution in [-0.2, 0) is 11.2 Å². The summed E-state index contributed by atoms with van der Waals surface area (Å²) in [5.74, 6) is -0.493. The molecule has 39 heavy (non-hydrogen) atoms. The number of rotatable bonds is 5. The zero-order valence-electron chi connectivity index (χ0n) is 21.2. The molecule has 1 aromatic carbocycles. The van der Waals surface area contributed by atoms with E-state index in [1.165, 1.54) is 16.5 Å². The predicted molar refractivity (Wildman–Crippen MR) is 140 cm³/mol. The number of carbonyl (C=O) groups is 1. The summed E-state index contributed by atoms with van der Waals surface area (Å²) in [5.41, 5.74) is 2.60. The van der Waals surface area contributed by atoms with Crippen molar-refractivity contribution in [1.82, 2.24) is 14.3 Å². The van der Waals surface area contributed by atoms with Crippen LogP contribution < -0.4 is 33.1 Å². The summed E-state index contributed by atoms with van der Waals surface area (Å²) in [4.78, 5) is 40.8. The van der Waals surface area contributed by atoms with Gasteiger partial charge in [-0.15, -0.1) is 0 Å². The average molecular weight is 558 g/mol. The number of halogens is 2. The van der Waals surface area contributed by atoms with Gasteiger partial charge in [-0.1, -0.05) is 12.1 Å². The Morgan fingerprint density at radius 2 is 1.87 bits per heavy atom. The molecule has 2 amide bonds. The summed E-state index contributed by atoms with van der Waals surface area (Å²) >= 11 is 0. The molecule has 3 aliphatic heterocycles. The third kappa shape index (κ3) is 4.93. The molecule has 0 unspecified atom stereocenters. The summed E-state index contributed by atoms with van der Waals surface area (Å²) in [6, 6.07) is 7.86. The Morgan fingerprint density at radius 3 is 2.56 bits per heavy atom. The van der Waals surface area contributed by atoms with Gasteiger partial charge >= 0.3 is 11.6 Å². The van der Waals surface area contributed by atoms with Crippen LogP contribution in [-0.4, -0.2) is 77.7 Å². The van der Waals surface area contributed by atoms with E-state index in [2.05, 4.69) is 14.9 Å². The number of aromatic hydroxyl groups is 1. The molecule has 6 rings (SSSR count). The molecular formula is C26H29ClFN7O4. The van der Waals surface area contributed by atoms with Crippen LogP contribution >= 0.6 is 0 Å². The van der Waals surface area contributed by atoms with E-state index < -0.39 is 11.3 Å². The number of anilines is 2. The number of urea groups is 1. The molecular weight excluding hydrogens is 529 g/mol. The van der Waals surface area contributed by atoms with Crippen LogP contribution in [0.25, 0.3) is 5.65 Å². The normalized spacial score (nSPS) is 17.5. The number of aliphatic imine (C=N–C) groups is 1. The Hall–Kier alpha value is -4.00. The SMILES string of the molecule is CN1CCN(c2cc(N3CCOCC3)cn3c(=O)c(O)c(C4=NC=C(Cc5ccc(F)cc5)[NH2+]4)nc23)C1=O.[Cl-].[HH]. The van der Waals surface area contributed by atoms with Crippen LogP contribution in [0.1, 0.15) is 12.7 Å². The van der Waals surface area contributed by atoms with Crippen molar-refractivity contribution >= 4 is 28.9 Å². The van der Waals surface area contributed by atoms with Crippen molar-refractivity contribution in [1.29, 1.82) is 0 Å². The Kier molecular flexibility index (Phi) is 7.25. The topological polar surface area (TPSA) is 120 Å². The number of hydrogen-bond donors (Lipinski definition) is 2. The van der Waals surface area contributed by atoms with Crippen LogP contribution in [0.5, 0.6) is 5.75 Å². The van der Waals surface area contributed by atoms with Gasteiger partial charge in [0, 0.05) is 47.3 Å². The van der Waals surface area contributed by atoms with Crippen molar-refractivity contribution in [3.05, 3.63) is 75.9 Å². The van der Waals surface area contributed by atoms with E-state index >= 15 is 0 Å². The largest absolute Gasteiger partial charge is 1.00 e. The van der Waals surface area contributed by atoms with E-state index in [0.717, 1.165) is 16.9 Å². The van der Waals surface area contributed by atoms with Crippen molar-refractivity contribution in [2.75, 3.05) is 56.2 Å². The quantitative estimate of drug-likeness (QED) is 0.371. The van der Waals surface area contributed by atoms with Crippen molar-refractivity contribution in [3.8, 4) is 5.75 Å². The van der Waals surface area contributed by atoms with Crippen molar-refractivity contribution in [3.63, 3.8) is 0 Å². The number of amidine groups is 1. The minimum Gasteiger partial charge on any atom is -1.00 e. The standard InChI is InChI=1S/C26H26FN7O4.ClH.H2/c1-31-6-7-33(26(31)37)20-13-19(32-8-10-38-11-9-32)15-34-24(20)30-21(22(35)25(34)36)23-28-14-18(29-23)12-16-2-4-17(27)5-3-16;;/h2-5,13-15,35H,6-12H2,1H3,(H,28,29);2*1H. The molecule has 2 fully saturated rings. The number of hydrogen-bond acceptors (Lipinski definition) is 7. The van der Waals surface area contributed by atoms with Gasteiger partial charge in [-0.3, -0.25) is 19.4 Å². The fourth-order valence-corrected chi connectivity index (χ4v) is 4.91. The number of fused-ring (bicyclic) bond motifs is 1. The molecule has 0 spiro atoms. The molecule has 3 N–H and O–H groups in total. The number of amides is 2. The zero-order valence-corrected chi connectivity index (χ0v) is 21.9. The van der Waals surface area contributed by atoms with Gasteiger partial charge in [-0.25, -0.2) is 14.2 Å². The number of benzene rings is 1. The summed E-state index contributed by atoms with van der Waals surface area (Å²) in [7, 11) is 1.73. The molecule has 2 aromatic heterocycles. The Morgan fingerprint density at radius 1 is 1.13 bits per heavy atom. The fourth-order valence-electron chi connectivity index (χ4n) is 4.91. The highest BCUT2D eigenvalue weighted by atomic mass is 35.5. The third-order valence-electron chi connectivity index (χ3n) is 7.01. The molecule has 2 saturated heterocycles. The van der Waals surface area contributed by atoms with Gasteiger partial charge in [0.25, 0.3) is 5.84 Å². The summed E-state index contributed by atoms with van der Waals surface area (Å²) in [6.45, 7) is 3.37. The number of quaternary nitrogens is 1. The number of carbonyl (C=O) groups excluding carboxylic acids is 1.